The minimum absolute atomic E-state index is 0.194. The molecule has 2 rings (SSSR count). The predicted octanol–water partition coefficient (Wildman–Crippen LogP) is 0.972. The number of aliphatic hydroxyl groups is 2. The van der Waals surface area contributed by atoms with Crippen LogP contribution in [0.25, 0.3) is 0 Å². The Bertz CT molecular complexity index is 335. The summed E-state index contributed by atoms with van der Waals surface area (Å²) in [6.07, 6.45) is 0.672. The molecule has 3 nitrogen and oxygen atoms in total. The summed E-state index contributed by atoms with van der Waals surface area (Å²) in [4.78, 5) is 0. The molecule has 1 unspecified atom stereocenters. The Labute approximate surface area is 93.9 Å². The molecule has 1 aromatic carbocycles. The highest BCUT2D eigenvalue weighted by Gasteiger charge is 2.26. The molecular formula is C12H16FNO2. The van der Waals surface area contributed by atoms with Crippen LogP contribution in [-0.4, -0.2) is 28.9 Å². The van der Waals surface area contributed by atoms with E-state index >= 15 is 0 Å². The molecule has 16 heavy (non-hydrogen) atoms. The summed E-state index contributed by atoms with van der Waals surface area (Å²) in [7, 11) is 0. The minimum Gasteiger partial charge on any atom is -0.393 e. The SMILES string of the molecule is OC1CC(NCC(O)c2ccc(F)cc2)C1. The fraction of sp³-hybridized carbons (Fsp3) is 0.500. The van der Waals surface area contributed by atoms with E-state index < -0.39 is 6.10 Å². The van der Waals surface area contributed by atoms with Gasteiger partial charge in [0.25, 0.3) is 0 Å². The van der Waals surface area contributed by atoms with Crippen molar-refractivity contribution in [3.63, 3.8) is 0 Å². The Morgan fingerprint density at radius 3 is 2.50 bits per heavy atom. The zero-order chi connectivity index (χ0) is 11.5. The average molecular weight is 225 g/mol. The molecule has 1 fully saturated rings. The second-order valence-corrected chi connectivity index (χ2v) is 4.30. The van der Waals surface area contributed by atoms with E-state index in [0.717, 1.165) is 12.8 Å². The van der Waals surface area contributed by atoms with Crippen LogP contribution in [0.2, 0.25) is 0 Å². The molecule has 1 atom stereocenters. The van der Waals surface area contributed by atoms with E-state index in [0.29, 0.717) is 18.2 Å². The largest absolute Gasteiger partial charge is 0.393 e. The normalized spacial score (nSPS) is 26.2. The molecule has 0 amide bonds. The summed E-state index contributed by atoms with van der Waals surface area (Å²) in [5.41, 5.74) is 0.703. The van der Waals surface area contributed by atoms with Crippen molar-refractivity contribution >= 4 is 0 Å². The van der Waals surface area contributed by atoms with Gasteiger partial charge in [-0.2, -0.15) is 0 Å². The molecule has 0 saturated heterocycles. The van der Waals surface area contributed by atoms with Crippen LogP contribution in [0.1, 0.15) is 24.5 Å². The zero-order valence-corrected chi connectivity index (χ0v) is 8.94. The Balaban J connectivity index is 1.79. The van der Waals surface area contributed by atoms with Gasteiger partial charge in [0, 0.05) is 12.6 Å². The highest BCUT2D eigenvalue weighted by molar-refractivity contribution is 5.18. The van der Waals surface area contributed by atoms with Crippen LogP contribution in [0.4, 0.5) is 4.39 Å². The summed E-state index contributed by atoms with van der Waals surface area (Å²) in [6.45, 7) is 0.434. The van der Waals surface area contributed by atoms with E-state index in [9.17, 15) is 9.50 Å². The highest BCUT2D eigenvalue weighted by Crippen LogP contribution is 2.20. The quantitative estimate of drug-likeness (QED) is 0.715. The maximum atomic E-state index is 12.6. The van der Waals surface area contributed by atoms with E-state index in [4.69, 9.17) is 5.11 Å². The molecule has 1 saturated carbocycles. The summed E-state index contributed by atoms with van der Waals surface area (Å²) in [5, 5.41) is 22.0. The highest BCUT2D eigenvalue weighted by atomic mass is 19.1. The van der Waals surface area contributed by atoms with Crippen LogP contribution in [0.5, 0.6) is 0 Å². The lowest BCUT2D eigenvalue weighted by Gasteiger charge is -2.32. The summed E-state index contributed by atoms with van der Waals surface area (Å²) in [6, 6.07) is 6.14. The van der Waals surface area contributed by atoms with Gasteiger partial charge in [-0.3, -0.25) is 0 Å². The van der Waals surface area contributed by atoms with Gasteiger partial charge >= 0.3 is 0 Å². The van der Waals surface area contributed by atoms with Gasteiger partial charge in [-0.15, -0.1) is 0 Å². The van der Waals surface area contributed by atoms with Crippen LogP contribution in [0.3, 0.4) is 0 Å². The Kier molecular flexibility index (Phi) is 3.53. The van der Waals surface area contributed by atoms with Crippen LogP contribution in [0.15, 0.2) is 24.3 Å². The monoisotopic (exact) mass is 225 g/mol. The first kappa shape index (κ1) is 11.5. The van der Waals surface area contributed by atoms with Crippen molar-refractivity contribution < 1.29 is 14.6 Å². The van der Waals surface area contributed by atoms with Gasteiger partial charge in [0.2, 0.25) is 0 Å². The third-order valence-corrected chi connectivity index (χ3v) is 2.97. The molecule has 1 aliphatic rings. The predicted molar refractivity (Wildman–Crippen MR) is 58.4 cm³/mol. The van der Waals surface area contributed by atoms with Crippen LogP contribution < -0.4 is 5.32 Å². The maximum absolute atomic E-state index is 12.6. The van der Waals surface area contributed by atoms with Gasteiger partial charge in [-0.05, 0) is 30.5 Å². The van der Waals surface area contributed by atoms with Gasteiger partial charge < -0.3 is 15.5 Å². The summed E-state index contributed by atoms with van der Waals surface area (Å²) >= 11 is 0. The topological polar surface area (TPSA) is 52.5 Å². The first-order valence-corrected chi connectivity index (χ1v) is 5.50. The third kappa shape index (κ3) is 2.78. The molecule has 0 bridgehead atoms. The first-order chi connectivity index (χ1) is 7.65. The third-order valence-electron chi connectivity index (χ3n) is 2.97. The lowest BCUT2D eigenvalue weighted by atomic mass is 9.89. The number of aliphatic hydroxyl groups excluding tert-OH is 2. The molecule has 4 heteroatoms. The standard InChI is InChI=1S/C12H16FNO2/c13-9-3-1-8(2-4-9)12(16)7-14-10-5-11(15)6-10/h1-4,10-12,14-16H,5-7H2. The average Bonchev–Trinajstić information content (AvgIpc) is 2.23. The number of nitrogens with one attached hydrogen (secondary N) is 1. The van der Waals surface area contributed by atoms with Gasteiger partial charge in [-0.25, -0.2) is 4.39 Å². The maximum Gasteiger partial charge on any atom is 0.123 e. The smallest absolute Gasteiger partial charge is 0.123 e. The first-order valence-electron chi connectivity index (χ1n) is 5.50. The molecule has 0 aromatic heterocycles. The van der Waals surface area contributed by atoms with E-state index in [1.807, 2.05) is 0 Å². The van der Waals surface area contributed by atoms with E-state index in [-0.39, 0.29) is 11.9 Å². The van der Waals surface area contributed by atoms with E-state index in [1.54, 1.807) is 12.1 Å². The van der Waals surface area contributed by atoms with Gasteiger partial charge in [0.1, 0.15) is 5.82 Å². The van der Waals surface area contributed by atoms with Crippen LogP contribution in [0, 0.1) is 5.82 Å². The van der Waals surface area contributed by atoms with Crippen LogP contribution >= 0.6 is 0 Å². The summed E-state index contributed by atoms with van der Waals surface area (Å²) in [5.74, 6) is -0.300. The van der Waals surface area contributed by atoms with Crippen molar-refractivity contribution in [3.8, 4) is 0 Å². The molecule has 0 heterocycles. The number of benzene rings is 1. The zero-order valence-electron chi connectivity index (χ0n) is 8.94. The van der Waals surface area contributed by atoms with E-state index in [1.165, 1.54) is 12.1 Å². The Morgan fingerprint density at radius 1 is 1.31 bits per heavy atom. The van der Waals surface area contributed by atoms with Gasteiger partial charge in [0.15, 0.2) is 0 Å². The van der Waals surface area contributed by atoms with Crippen LogP contribution in [-0.2, 0) is 0 Å². The fourth-order valence-electron chi connectivity index (χ4n) is 1.84. The van der Waals surface area contributed by atoms with Crippen molar-refractivity contribution in [2.45, 2.75) is 31.1 Å². The molecule has 3 N–H and O–H groups in total. The fourth-order valence-corrected chi connectivity index (χ4v) is 1.84. The molecule has 0 radical (unpaired) electrons. The number of halogens is 1. The Morgan fingerprint density at radius 2 is 1.94 bits per heavy atom. The number of hydrogen-bond acceptors (Lipinski definition) is 3. The van der Waals surface area contributed by atoms with Crippen molar-refractivity contribution in [2.75, 3.05) is 6.54 Å². The molecule has 0 spiro atoms. The van der Waals surface area contributed by atoms with E-state index in [2.05, 4.69) is 5.32 Å². The molecule has 1 aliphatic carbocycles. The Hall–Kier alpha value is -0.970. The summed E-state index contributed by atoms with van der Waals surface area (Å²) < 4.78 is 12.6. The lowest BCUT2D eigenvalue weighted by Crippen LogP contribution is -2.45. The molecule has 1 aromatic rings. The van der Waals surface area contributed by atoms with Crippen molar-refractivity contribution in [1.29, 1.82) is 0 Å². The molecule has 88 valence electrons. The number of hydrogen-bond donors (Lipinski definition) is 3. The van der Waals surface area contributed by atoms with Gasteiger partial charge in [-0.1, -0.05) is 12.1 Å². The minimum atomic E-state index is -0.627. The number of rotatable bonds is 4. The van der Waals surface area contributed by atoms with Crippen molar-refractivity contribution in [3.05, 3.63) is 35.6 Å². The molecular weight excluding hydrogens is 209 g/mol. The second kappa shape index (κ2) is 4.91. The van der Waals surface area contributed by atoms with Gasteiger partial charge in [0.05, 0.1) is 12.2 Å². The van der Waals surface area contributed by atoms with Crippen molar-refractivity contribution in [2.24, 2.45) is 0 Å². The second-order valence-electron chi connectivity index (χ2n) is 4.30. The van der Waals surface area contributed by atoms with Crippen molar-refractivity contribution in [1.82, 2.24) is 5.32 Å². The lowest BCUT2D eigenvalue weighted by molar-refractivity contribution is 0.0551. The molecule has 0 aliphatic heterocycles.